The molecular weight excluding hydrogens is 448 g/mol. The van der Waals surface area contributed by atoms with Gasteiger partial charge in [0.2, 0.25) is 0 Å². The van der Waals surface area contributed by atoms with Crippen molar-refractivity contribution < 1.29 is 14.3 Å². The quantitative estimate of drug-likeness (QED) is 0.237. The van der Waals surface area contributed by atoms with Crippen LogP contribution in [0.2, 0.25) is 5.02 Å². The van der Waals surface area contributed by atoms with E-state index in [1.54, 1.807) is 6.21 Å². The van der Waals surface area contributed by atoms with Crippen molar-refractivity contribution in [1.82, 2.24) is 5.43 Å². The fraction of sp³-hybridized carbons (Fsp3) is 0.0714. The fourth-order valence-electron chi connectivity index (χ4n) is 3.16. The summed E-state index contributed by atoms with van der Waals surface area (Å²) in [7, 11) is 0. The van der Waals surface area contributed by atoms with Crippen molar-refractivity contribution in [3.63, 3.8) is 0 Å². The Labute approximate surface area is 203 Å². The maximum atomic E-state index is 12.0. The van der Waals surface area contributed by atoms with Crippen LogP contribution in [0, 0.1) is 0 Å². The number of nitrogens with one attached hydrogen (secondary N) is 1. The van der Waals surface area contributed by atoms with Gasteiger partial charge in [-0.05, 0) is 59.2 Å². The predicted molar refractivity (Wildman–Crippen MR) is 135 cm³/mol. The Bertz CT molecular complexity index is 1240. The van der Waals surface area contributed by atoms with Crippen LogP contribution in [0.3, 0.4) is 0 Å². The van der Waals surface area contributed by atoms with E-state index in [0.29, 0.717) is 23.1 Å². The summed E-state index contributed by atoms with van der Waals surface area (Å²) in [6.45, 7) is 0.259. The summed E-state index contributed by atoms with van der Waals surface area (Å²) in [5.74, 6) is 0.988. The third-order valence-electron chi connectivity index (χ3n) is 4.97. The maximum absolute atomic E-state index is 12.0. The van der Waals surface area contributed by atoms with Crippen LogP contribution in [0.15, 0.2) is 108 Å². The normalized spacial score (nSPS) is 10.7. The number of rotatable bonds is 9. The molecule has 0 saturated carbocycles. The molecule has 0 saturated heterocycles. The number of halogens is 1. The largest absolute Gasteiger partial charge is 0.489 e. The maximum Gasteiger partial charge on any atom is 0.277 e. The first-order valence-corrected chi connectivity index (χ1v) is 11.1. The average molecular weight is 471 g/mol. The number of carbonyl (C=O) groups excluding carboxylic acids is 1. The summed E-state index contributed by atoms with van der Waals surface area (Å²) >= 11 is 6.14. The highest BCUT2D eigenvalue weighted by atomic mass is 35.5. The van der Waals surface area contributed by atoms with E-state index in [4.69, 9.17) is 21.1 Å². The smallest absolute Gasteiger partial charge is 0.277 e. The van der Waals surface area contributed by atoms with Crippen molar-refractivity contribution in [1.29, 1.82) is 0 Å². The van der Waals surface area contributed by atoms with E-state index in [2.05, 4.69) is 10.5 Å². The summed E-state index contributed by atoms with van der Waals surface area (Å²) in [6.07, 6.45) is 1.56. The first kappa shape index (κ1) is 23.1. The van der Waals surface area contributed by atoms with Crippen molar-refractivity contribution in [2.45, 2.75) is 6.61 Å². The predicted octanol–water partition coefficient (Wildman–Crippen LogP) is 6.12. The monoisotopic (exact) mass is 470 g/mol. The average Bonchev–Trinajstić information content (AvgIpc) is 2.89. The third kappa shape index (κ3) is 6.70. The van der Waals surface area contributed by atoms with Gasteiger partial charge in [-0.25, -0.2) is 5.43 Å². The number of hydrazone groups is 1. The van der Waals surface area contributed by atoms with E-state index < -0.39 is 0 Å². The zero-order chi connectivity index (χ0) is 23.6. The molecule has 4 rings (SSSR count). The van der Waals surface area contributed by atoms with E-state index in [1.807, 2.05) is 103 Å². The van der Waals surface area contributed by atoms with E-state index in [9.17, 15) is 4.79 Å². The Morgan fingerprint density at radius 2 is 1.38 bits per heavy atom. The molecule has 0 radical (unpaired) electrons. The van der Waals surface area contributed by atoms with Gasteiger partial charge in [0.25, 0.3) is 5.91 Å². The molecule has 4 aromatic carbocycles. The van der Waals surface area contributed by atoms with E-state index >= 15 is 0 Å². The molecule has 0 aromatic heterocycles. The van der Waals surface area contributed by atoms with Crippen LogP contribution in [0.25, 0.3) is 11.1 Å². The molecule has 0 spiro atoms. The van der Waals surface area contributed by atoms with Crippen molar-refractivity contribution >= 4 is 23.7 Å². The molecule has 170 valence electrons. The molecule has 4 aromatic rings. The lowest BCUT2D eigenvalue weighted by molar-refractivity contribution is -0.123. The number of carbonyl (C=O) groups is 1. The van der Waals surface area contributed by atoms with Gasteiger partial charge in [0, 0.05) is 10.6 Å². The van der Waals surface area contributed by atoms with Crippen LogP contribution in [-0.4, -0.2) is 18.7 Å². The molecule has 0 unspecified atom stereocenters. The van der Waals surface area contributed by atoms with E-state index in [1.165, 1.54) is 0 Å². The molecular formula is C28H23ClN2O3. The molecule has 1 N–H and O–H groups in total. The van der Waals surface area contributed by atoms with Crippen LogP contribution in [0.1, 0.15) is 11.1 Å². The zero-order valence-corrected chi connectivity index (χ0v) is 19.1. The third-order valence-corrected chi connectivity index (χ3v) is 5.34. The summed E-state index contributed by atoms with van der Waals surface area (Å²) in [5.41, 5.74) is 6.42. The summed E-state index contributed by atoms with van der Waals surface area (Å²) in [6, 6.07) is 32.6. The van der Waals surface area contributed by atoms with Crippen molar-refractivity contribution in [2.24, 2.45) is 5.10 Å². The lowest BCUT2D eigenvalue weighted by Gasteiger charge is -2.08. The van der Waals surface area contributed by atoms with Crippen LogP contribution >= 0.6 is 11.6 Å². The van der Waals surface area contributed by atoms with Gasteiger partial charge >= 0.3 is 0 Å². The van der Waals surface area contributed by atoms with Gasteiger partial charge in [-0.2, -0.15) is 5.10 Å². The van der Waals surface area contributed by atoms with Gasteiger partial charge in [-0.3, -0.25) is 4.79 Å². The molecule has 1 amide bonds. The van der Waals surface area contributed by atoms with Crippen LogP contribution in [0.4, 0.5) is 0 Å². The highest BCUT2D eigenvalue weighted by molar-refractivity contribution is 6.31. The van der Waals surface area contributed by atoms with Crippen LogP contribution in [0.5, 0.6) is 11.5 Å². The Kier molecular flexibility index (Phi) is 7.93. The van der Waals surface area contributed by atoms with Gasteiger partial charge in [0.15, 0.2) is 6.61 Å². The minimum absolute atomic E-state index is 0.128. The molecule has 0 fully saturated rings. The second-order valence-corrected chi connectivity index (χ2v) is 7.83. The highest BCUT2D eigenvalue weighted by Crippen LogP contribution is 2.22. The molecule has 0 aliphatic heterocycles. The molecule has 5 nitrogen and oxygen atoms in total. The standard InChI is InChI=1S/C28H23ClN2O3/c29-27-9-5-4-8-24(27)19-33-25-14-10-21(11-15-25)18-30-31-28(32)20-34-26-16-12-23(13-17-26)22-6-2-1-3-7-22/h1-18H,19-20H2,(H,31,32). The van der Waals surface area contributed by atoms with Gasteiger partial charge < -0.3 is 9.47 Å². The lowest BCUT2D eigenvalue weighted by Crippen LogP contribution is -2.24. The minimum Gasteiger partial charge on any atom is -0.489 e. The number of benzene rings is 4. The van der Waals surface area contributed by atoms with Crippen molar-refractivity contribution in [2.75, 3.05) is 6.61 Å². The first-order valence-electron chi connectivity index (χ1n) is 10.7. The fourth-order valence-corrected chi connectivity index (χ4v) is 3.35. The van der Waals surface area contributed by atoms with E-state index in [0.717, 1.165) is 22.3 Å². The Morgan fingerprint density at radius 1 is 0.765 bits per heavy atom. The molecule has 0 atom stereocenters. The minimum atomic E-state index is -0.344. The van der Waals surface area contributed by atoms with Crippen LogP contribution in [-0.2, 0) is 11.4 Å². The Morgan fingerprint density at radius 3 is 2.12 bits per heavy atom. The van der Waals surface area contributed by atoms with Gasteiger partial charge in [0.1, 0.15) is 18.1 Å². The van der Waals surface area contributed by atoms with Crippen LogP contribution < -0.4 is 14.9 Å². The Hall–Kier alpha value is -4.09. The number of hydrogen-bond acceptors (Lipinski definition) is 4. The second kappa shape index (κ2) is 11.7. The van der Waals surface area contributed by atoms with Crippen molar-refractivity contribution in [3.8, 4) is 22.6 Å². The first-order chi connectivity index (χ1) is 16.7. The van der Waals surface area contributed by atoms with Gasteiger partial charge in [-0.1, -0.05) is 72.3 Å². The van der Waals surface area contributed by atoms with E-state index in [-0.39, 0.29) is 12.5 Å². The number of amides is 1. The molecule has 34 heavy (non-hydrogen) atoms. The number of ether oxygens (including phenoxy) is 2. The SMILES string of the molecule is O=C(COc1ccc(-c2ccccc2)cc1)NN=Cc1ccc(OCc2ccccc2Cl)cc1. The second-order valence-electron chi connectivity index (χ2n) is 7.42. The summed E-state index contributed by atoms with van der Waals surface area (Å²) in [5, 5.41) is 4.66. The zero-order valence-electron chi connectivity index (χ0n) is 18.4. The topological polar surface area (TPSA) is 59.9 Å². The molecule has 0 aliphatic carbocycles. The number of hydrogen-bond donors (Lipinski definition) is 1. The lowest BCUT2D eigenvalue weighted by atomic mass is 10.1. The molecule has 0 aliphatic rings. The molecule has 6 heteroatoms. The molecule has 0 heterocycles. The van der Waals surface area contributed by atoms with Crippen molar-refractivity contribution in [3.05, 3.63) is 119 Å². The van der Waals surface area contributed by atoms with Gasteiger partial charge in [0.05, 0.1) is 6.21 Å². The van der Waals surface area contributed by atoms with Gasteiger partial charge in [-0.15, -0.1) is 0 Å². The summed E-state index contributed by atoms with van der Waals surface area (Å²) in [4.78, 5) is 12.0. The number of nitrogens with zero attached hydrogens (tertiary/aromatic N) is 1. The highest BCUT2D eigenvalue weighted by Gasteiger charge is 2.03. The summed E-state index contributed by atoms with van der Waals surface area (Å²) < 4.78 is 11.3. The molecule has 0 bridgehead atoms. The Balaban J connectivity index is 1.20.